The van der Waals surface area contributed by atoms with Crippen molar-refractivity contribution >= 4 is 11.8 Å². The van der Waals surface area contributed by atoms with Gasteiger partial charge in [0.2, 0.25) is 11.8 Å². The van der Waals surface area contributed by atoms with Gasteiger partial charge in [0.15, 0.2) is 0 Å². The van der Waals surface area contributed by atoms with Crippen LogP contribution in [0.4, 0.5) is 0 Å². The molecule has 0 saturated carbocycles. The number of hydrogen-bond acceptors (Lipinski definition) is 3. The Hall–Kier alpha value is -3.47. The zero-order valence-electron chi connectivity index (χ0n) is 15.8. The van der Waals surface area contributed by atoms with Crippen LogP contribution in [0.3, 0.4) is 0 Å². The molecule has 0 fully saturated rings. The second-order valence-corrected chi connectivity index (χ2v) is 6.48. The van der Waals surface area contributed by atoms with E-state index in [1.165, 1.54) is 6.92 Å². The Balaban J connectivity index is 1.86. The van der Waals surface area contributed by atoms with Gasteiger partial charge in [0.05, 0.1) is 12.2 Å². The van der Waals surface area contributed by atoms with Gasteiger partial charge in [-0.15, -0.1) is 0 Å². The molecule has 0 aliphatic rings. The lowest BCUT2D eigenvalue weighted by atomic mass is 10.0. The van der Waals surface area contributed by atoms with Crippen LogP contribution in [0.25, 0.3) is 0 Å². The van der Waals surface area contributed by atoms with E-state index in [9.17, 15) is 9.59 Å². The molecular formula is C23H23N3O2. The normalized spacial score (nSPS) is 11.5. The van der Waals surface area contributed by atoms with Crippen LogP contribution < -0.4 is 5.32 Å². The molecule has 0 aliphatic heterocycles. The summed E-state index contributed by atoms with van der Waals surface area (Å²) < 4.78 is 0. The van der Waals surface area contributed by atoms with E-state index in [-0.39, 0.29) is 11.8 Å². The predicted octanol–water partition coefficient (Wildman–Crippen LogP) is 3.49. The number of carbonyl (C=O) groups excluding carboxylic acids is 2. The Morgan fingerprint density at radius 3 is 2.18 bits per heavy atom. The highest BCUT2D eigenvalue weighted by molar-refractivity contribution is 5.88. The van der Waals surface area contributed by atoms with Crippen LogP contribution in [0, 0.1) is 0 Å². The van der Waals surface area contributed by atoms with Crippen molar-refractivity contribution in [2.24, 2.45) is 0 Å². The van der Waals surface area contributed by atoms with Crippen LogP contribution in [0.2, 0.25) is 0 Å². The first-order chi connectivity index (χ1) is 13.6. The van der Waals surface area contributed by atoms with Crippen molar-refractivity contribution in [3.63, 3.8) is 0 Å². The summed E-state index contributed by atoms with van der Waals surface area (Å²) in [6.45, 7) is 2.15. The molecule has 5 nitrogen and oxygen atoms in total. The topological polar surface area (TPSA) is 62.3 Å². The largest absolute Gasteiger partial charge is 0.348 e. The van der Waals surface area contributed by atoms with Crippen molar-refractivity contribution in [1.29, 1.82) is 0 Å². The van der Waals surface area contributed by atoms with Gasteiger partial charge in [-0.1, -0.05) is 66.7 Å². The fourth-order valence-electron chi connectivity index (χ4n) is 3.05. The average Bonchev–Trinajstić information content (AvgIpc) is 2.74. The number of hydrogen-bond donors (Lipinski definition) is 1. The summed E-state index contributed by atoms with van der Waals surface area (Å²) in [5.74, 6) is -0.395. The van der Waals surface area contributed by atoms with Gasteiger partial charge in [-0.3, -0.25) is 14.6 Å². The number of benzene rings is 2. The molecule has 0 aliphatic carbocycles. The minimum atomic E-state index is -0.720. The summed E-state index contributed by atoms with van der Waals surface area (Å²) in [5, 5.41) is 2.92. The summed E-state index contributed by atoms with van der Waals surface area (Å²) in [6, 6.07) is 23.9. The van der Waals surface area contributed by atoms with Crippen molar-refractivity contribution < 1.29 is 9.59 Å². The van der Waals surface area contributed by atoms with E-state index in [2.05, 4.69) is 10.3 Å². The van der Waals surface area contributed by atoms with Gasteiger partial charge in [0.1, 0.15) is 6.04 Å². The Morgan fingerprint density at radius 2 is 1.57 bits per heavy atom. The molecule has 1 aromatic heterocycles. The second kappa shape index (κ2) is 9.46. The summed E-state index contributed by atoms with van der Waals surface area (Å²) in [4.78, 5) is 31.4. The highest BCUT2D eigenvalue weighted by Crippen LogP contribution is 2.24. The molecule has 2 amide bonds. The van der Waals surface area contributed by atoms with Crippen LogP contribution in [0.15, 0.2) is 85.1 Å². The number of pyridine rings is 1. The molecule has 1 heterocycles. The van der Waals surface area contributed by atoms with E-state index in [1.807, 2.05) is 78.9 Å². The fourth-order valence-corrected chi connectivity index (χ4v) is 3.05. The van der Waals surface area contributed by atoms with Crippen LogP contribution in [0.5, 0.6) is 0 Å². The van der Waals surface area contributed by atoms with Crippen molar-refractivity contribution in [3.8, 4) is 0 Å². The van der Waals surface area contributed by atoms with Crippen LogP contribution in [-0.2, 0) is 22.7 Å². The summed E-state index contributed by atoms with van der Waals surface area (Å²) in [6.07, 6.45) is 1.69. The molecule has 1 N–H and O–H groups in total. The first kappa shape index (κ1) is 19.3. The van der Waals surface area contributed by atoms with E-state index in [4.69, 9.17) is 0 Å². The molecule has 0 bridgehead atoms. The third kappa shape index (κ3) is 5.04. The molecule has 0 radical (unpaired) electrons. The highest BCUT2D eigenvalue weighted by Gasteiger charge is 2.29. The molecule has 2 aromatic carbocycles. The molecule has 0 saturated heterocycles. The second-order valence-electron chi connectivity index (χ2n) is 6.48. The fraction of sp³-hybridized carbons (Fsp3) is 0.174. The lowest BCUT2D eigenvalue weighted by Gasteiger charge is -2.30. The summed E-state index contributed by atoms with van der Waals surface area (Å²) in [7, 11) is 0. The van der Waals surface area contributed by atoms with Crippen molar-refractivity contribution in [3.05, 3.63) is 102 Å². The van der Waals surface area contributed by atoms with Crippen LogP contribution >= 0.6 is 0 Å². The lowest BCUT2D eigenvalue weighted by molar-refractivity contribution is -0.140. The minimum absolute atomic E-state index is 0.161. The molecule has 3 aromatic rings. The Labute approximate surface area is 165 Å². The number of nitrogens with one attached hydrogen (secondary N) is 1. The Bertz CT molecular complexity index is 899. The average molecular weight is 373 g/mol. The maximum absolute atomic E-state index is 13.1. The monoisotopic (exact) mass is 373 g/mol. The number of carbonyl (C=O) groups is 2. The van der Waals surface area contributed by atoms with Crippen LogP contribution in [-0.4, -0.2) is 21.7 Å². The summed E-state index contributed by atoms with van der Waals surface area (Å²) in [5.41, 5.74) is 2.50. The smallest absolute Gasteiger partial charge is 0.247 e. The zero-order chi connectivity index (χ0) is 19.8. The third-order valence-electron chi connectivity index (χ3n) is 4.45. The molecule has 0 spiro atoms. The van der Waals surface area contributed by atoms with Gasteiger partial charge >= 0.3 is 0 Å². The van der Waals surface area contributed by atoms with Gasteiger partial charge in [0, 0.05) is 19.7 Å². The quantitative estimate of drug-likeness (QED) is 0.690. The Morgan fingerprint density at radius 1 is 0.929 bits per heavy atom. The van der Waals surface area contributed by atoms with Gasteiger partial charge in [-0.25, -0.2) is 0 Å². The number of amides is 2. The lowest BCUT2D eigenvalue weighted by Crippen LogP contribution is -2.42. The minimum Gasteiger partial charge on any atom is -0.348 e. The molecule has 142 valence electrons. The summed E-state index contributed by atoms with van der Waals surface area (Å²) >= 11 is 0. The van der Waals surface area contributed by atoms with Crippen LogP contribution in [0.1, 0.15) is 29.8 Å². The molecule has 28 heavy (non-hydrogen) atoms. The zero-order valence-corrected chi connectivity index (χ0v) is 15.8. The SMILES string of the molecule is CC(=O)N(Cc1ccccc1)[C@@H](C(=O)NCc1ccccn1)c1ccccc1. The van der Waals surface area contributed by atoms with Crippen molar-refractivity contribution in [2.75, 3.05) is 0 Å². The van der Waals surface area contributed by atoms with Gasteiger partial charge in [0.25, 0.3) is 0 Å². The Kier molecular flexibility index (Phi) is 6.52. The van der Waals surface area contributed by atoms with Gasteiger partial charge < -0.3 is 10.2 Å². The third-order valence-corrected chi connectivity index (χ3v) is 4.45. The van der Waals surface area contributed by atoms with E-state index < -0.39 is 6.04 Å². The first-order valence-electron chi connectivity index (χ1n) is 9.19. The van der Waals surface area contributed by atoms with Gasteiger partial charge in [-0.05, 0) is 23.3 Å². The van der Waals surface area contributed by atoms with Gasteiger partial charge in [-0.2, -0.15) is 0 Å². The highest BCUT2D eigenvalue weighted by atomic mass is 16.2. The first-order valence-corrected chi connectivity index (χ1v) is 9.19. The van der Waals surface area contributed by atoms with Crippen molar-refractivity contribution in [2.45, 2.75) is 26.1 Å². The standard InChI is InChI=1S/C23H23N3O2/c1-18(27)26(17-19-10-4-2-5-11-19)22(20-12-6-3-7-13-20)23(28)25-16-21-14-8-9-15-24-21/h2-15,22H,16-17H2,1H3,(H,25,28)/t22-/m1/s1. The van der Waals surface area contributed by atoms with E-state index in [0.29, 0.717) is 13.1 Å². The molecule has 0 unspecified atom stereocenters. The predicted molar refractivity (Wildman–Crippen MR) is 108 cm³/mol. The molecule has 3 rings (SSSR count). The maximum atomic E-state index is 13.1. The van der Waals surface area contributed by atoms with E-state index in [1.54, 1.807) is 11.1 Å². The maximum Gasteiger partial charge on any atom is 0.247 e. The van der Waals surface area contributed by atoms with E-state index >= 15 is 0 Å². The molecule has 1 atom stereocenters. The van der Waals surface area contributed by atoms with E-state index in [0.717, 1.165) is 16.8 Å². The molecule has 5 heteroatoms. The van der Waals surface area contributed by atoms with Crippen molar-refractivity contribution in [1.82, 2.24) is 15.2 Å². The number of nitrogens with zero attached hydrogens (tertiary/aromatic N) is 2. The number of aromatic nitrogens is 1. The molecular weight excluding hydrogens is 350 g/mol. The number of rotatable bonds is 7.